The third-order valence-electron chi connectivity index (χ3n) is 3.71. The van der Waals surface area contributed by atoms with Gasteiger partial charge in [0.05, 0.1) is 15.6 Å². The lowest BCUT2D eigenvalue weighted by Crippen LogP contribution is -2.15. The van der Waals surface area contributed by atoms with Gasteiger partial charge in [-0.15, -0.1) is 5.11 Å². The van der Waals surface area contributed by atoms with Crippen LogP contribution < -0.4 is 4.90 Å². The summed E-state index contributed by atoms with van der Waals surface area (Å²) in [4.78, 5) is 2.30. The Hall–Kier alpha value is -1.92. The number of nitrogens with zero attached hydrogens (tertiary/aromatic N) is 3. The van der Waals surface area contributed by atoms with Crippen molar-refractivity contribution in [3.8, 4) is 0 Å². The van der Waals surface area contributed by atoms with E-state index in [-0.39, 0.29) is 9.92 Å². The largest absolute Gasteiger partial charge is 0.375 e. The van der Waals surface area contributed by atoms with Gasteiger partial charge >= 0.3 is 0 Å². The van der Waals surface area contributed by atoms with E-state index in [4.69, 9.17) is 11.6 Å². The van der Waals surface area contributed by atoms with Crippen molar-refractivity contribution in [1.82, 2.24) is 0 Å². The van der Waals surface area contributed by atoms with Crippen molar-refractivity contribution in [1.29, 1.82) is 0 Å². The van der Waals surface area contributed by atoms with Gasteiger partial charge in [0.25, 0.3) is 0 Å². The standard InChI is InChI=1S/C17H20ClN3O2S/c1-5-21(3)13-6-8-16(12(2)10-13)19-20-17-9-7-14(11-15(17)18)24(4,22)23/h6-11H,5H2,1-4H3. The molecule has 5 nitrogen and oxygen atoms in total. The van der Waals surface area contributed by atoms with E-state index in [2.05, 4.69) is 22.1 Å². The van der Waals surface area contributed by atoms with E-state index >= 15 is 0 Å². The Balaban J connectivity index is 2.28. The first-order valence-electron chi connectivity index (χ1n) is 7.45. The van der Waals surface area contributed by atoms with Gasteiger partial charge in [0.2, 0.25) is 0 Å². The molecular weight excluding hydrogens is 346 g/mol. The highest BCUT2D eigenvalue weighted by molar-refractivity contribution is 7.90. The minimum absolute atomic E-state index is 0.162. The van der Waals surface area contributed by atoms with E-state index in [0.29, 0.717) is 5.69 Å². The number of halogens is 1. The molecule has 128 valence electrons. The van der Waals surface area contributed by atoms with E-state index in [0.717, 1.165) is 29.7 Å². The molecule has 2 aromatic rings. The van der Waals surface area contributed by atoms with Crippen molar-refractivity contribution >= 4 is 38.5 Å². The minimum atomic E-state index is -3.29. The summed E-state index contributed by atoms with van der Waals surface area (Å²) in [7, 11) is -1.27. The molecule has 0 saturated carbocycles. The van der Waals surface area contributed by atoms with Crippen LogP contribution in [-0.2, 0) is 9.84 Å². The second kappa shape index (κ2) is 7.32. The molecule has 0 aliphatic rings. The first-order valence-corrected chi connectivity index (χ1v) is 9.72. The van der Waals surface area contributed by atoms with Gasteiger partial charge in [0, 0.05) is 25.5 Å². The number of azo groups is 1. The Morgan fingerprint density at radius 1 is 1.08 bits per heavy atom. The highest BCUT2D eigenvalue weighted by atomic mass is 35.5. The fourth-order valence-electron chi connectivity index (χ4n) is 2.08. The molecule has 0 heterocycles. The fraction of sp³-hybridized carbons (Fsp3) is 0.294. The second-order valence-electron chi connectivity index (χ2n) is 5.57. The van der Waals surface area contributed by atoms with Crippen LogP contribution in [-0.4, -0.2) is 28.3 Å². The molecule has 0 unspecified atom stereocenters. The highest BCUT2D eigenvalue weighted by Crippen LogP contribution is 2.31. The maximum absolute atomic E-state index is 11.5. The van der Waals surface area contributed by atoms with Crippen LogP contribution in [0.5, 0.6) is 0 Å². The molecule has 0 amide bonds. The molecule has 2 rings (SSSR count). The molecule has 0 saturated heterocycles. The lowest BCUT2D eigenvalue weighted by Gasteiger charge is -2.17. The summed E-state index contributed by atoms with van der Waals surface area (Å²) in [5.41, 5.74) is 3.29. The summed E-state index contributed by atoms with van der Waals surface area (Å²) in [5.74, 6) is 0. The molecule has 0 spiro atoms. The quantitative estimate of drug-likeness (QED) is 0.706. The summed E-state index contributed by atoms with van der Waals surface area (Å²) in [5, 5.41) is 8.62. The molecule has 2 aromatic carbocycles. The Labute approximate surface area is 147 Å². The number of benzene rings is 2. The van der Waals surface area contributed by atoms with Crippen LogP contribution in [0.4, 0.5) is 17.1 Å². The Bertz CT molecular complexity index is 879. The Morgan fingerprint density at radius 3 is 2.25 bits per heavy atom. The zero-order valence-corrected chi connectivity index (χ0v) is 15.7. The maximum Gasteiger partial charge on any atom is 0.175 e. The molecule has 0 N–H and O–H groups in total. The molecule has 0 atom stereocenters. The molecular formula is C17H20ClN3O2S. The summed E-state index contributed by atoms with van der Waals surface area (Å²) < 4.78 is 23.0. The first-order chi connectivity index (χ1) is 11.2. The number of hydrogen-bond acceptors (Lipinski definition) is 5. The fourth-order valence-corrected chi connectivity index (χ4v) is 3.01. The monoisotopic (exact) mass is 365 g/mol. The maximum atomic E-state index is 11.5. The predicted octanol–water partition coefficient (Wildman–Crippen LogP) is 4.92. The van der Waals surface area contributed by atoms with Gasteiger partial charge in [0.15, 0.2) is 9.84 Å². The van der Waals surface area contributed by atoms with Gasteiger partial charge in [-0.3, -0.25) is 0 Å². The number of anilines is 1. The normalized spacial score (nSPS) is 11.9. The summed E-state index contributed by atoms with van der Waals surface area (Å²) in [6.07, 6.45) is 1.14. The average molecular weight is 366 g/mol. The average Bonchev–Trinajstić information content (AvgIpc) is 2.52. The molecule has 0 bridgehead atoms. The predicted molar refractivity (Wildman–Crippen MR) is 98.9 cm³/mol. The molecule has 0 radical (unpaired) electrons. The lowest BCUT2D eigenvalue weighted by molar-refractivity contribution is 0.602. The molecule has 0 fully saturated rings. The third kappa shape index (κ3) is 4.33. The third-order valence-corrected chi connectivity index (χ3v) is 5.12. The topological polar surface area (TPSA) is 62.1 Å². The SMILES string of the molecule is CCN(C)c1ccc(N=Nc2ccc(S(C)(=O)=O)cc2Cl)c(C)c1. The van der Waals surface area contributed by atoms with Crippen molar-refractivity contribution in [3.63, 3.8) is 0 Å². The number of rotatable bonds is 5. The van der Waals surface area contributed by atoms with Gasteiger partial charge in [-0.2, -0.15) is 5.11 Å². The van der Waals surface area contributed by atoms with Crippen molar-refractivity contribution in [2.45, 2.75) is 18.7 Å². The molecule has 0 aliphatic heterocycles. The Morgan fingerprint density at radius 2 is 1.71 bits per heavy atom. The number of hydrogen-bond donors (Lipinski definition) is 0. The minimum Gasteiger partial charge on any atom is -0.375 e. The van der Waals surface area contributed by atoms with Crippen LogP contribution in [0.2, 0.25) is 5.02 Å². The summed E-state index contributed by atoms with van der Waals surface area (Å²) in [6, 6.07) is 10.3. The number of sulfone groups is 1. The first kappa shape index (κ1) is 18.4. The molecule has 0 aromatic heterocycles. The van der Waals surface area contributed by atoms with Crippen molar-refractivity contribution in [2.75, 3.05) is 24.7 Å². The Kier molecular flexibility index (Phi) is 5.62. The summed E-state index contributed by atoms with van der Waals surface area (Å²) >= 11 is 6.10. The number of aryl methyl sites for hydroxylation is 1. The highest BCUT2D eigenvalue weighted by Gasteiger charge is 2.10. The smallest absolute Gasteiger partial charge is 0.175 e. The van der Waals surface area contributed by atoms with Crippen LogP contribution in [0.3, 0.4) is 0 Å². The van der Waals surface area contributed by atoms with Gasteiger partial charge < -0.3 is 4.90 Å². The van der Waals surface area contributed by atoms with Crippen molar-refractivity contribution in [3.05, 3.63) is 47.0 Å². The van der Waals surface area contributed by atoms with Gasteiger partial charge in [-0.05, 0) is 55.8 Å². The van der Waals surface area contributed by atoms with Gasteiger partial charge in [0.1, 0.15) is 5.69 Å². The zero-order chi connectivity index (χ0) is 17.9. The van der Waals surface area contributed by atoms with Gasteiger partial charge in [-0.1, -0.05) is 11.6 Å². The molecule has 24 heavy (non-hydrogen) atoms. The van der Waals surface area contributed by atoms with E-state index in [9.17, 15) is 8.42 Å². The summed E-state index contributed by atoms with van der Waals surface area (Å²) in [6.45, 7) is 4.98. The van der Waals surface area contributed by atoms with Crippen LogP contribution in [0.15, 0.2) is 51.5 Å². The molecule has 0 aliphatic carbocycles. The second-order valence-corrected chi connectivity index (χ2v) is 7.99. The van der Waals surface area contributed by atoms with Crippen molar-refractivity contribution in [2.24, 2.45) is 10.2 Å². The van der Waals surface area contributed by atoms with Crippen LogP contribution >= 0.6 is 11.6 Å². The van der Waals surface area contributed by atoms with Crippen LogP contribution in [0.25, 0.3) is 0 Å². The van der Waals surface area contributed by atoms with Gasteiger partial charge in [-0.25, -0.2) is 8.42 Å². The zero-order valence-electron chi connectivity index (χ0n) is 14.1. The van der Waals surface area contributed by atoms with E-state index in [1.54, 1.807) is 6.07 Å². The lowest BCUT2D eigenvalue weighted by atomic mass is 10.1. The van der Waals surface area contributed by atoms with E-state index < -0.39 is 9.84 Å². The molecule has 7 heteroatoms. The van der Waals surface area contributed by atoms with Crippen LogP contribution in [0.1, 0.15) is 12.5 Å². The van der Waals surface area contributed by atoms with E-state index in [1.165, 1.54) is 12.1 Å². The van der Waals surface area contributed by atoms with Crippen LogP contribution in [0, 0.1) is 6.92 Å². The van der Waals surface area contributed by atoms with Crippen molar-refractivity contribution < 1.29 is 8.42 Å². The van der Waals surface area contributed by atoms with E-state index in [1.807, 2.05) is 32.2 Å².